The van der Waals surface area contributed by atoms with Crippen molar-refractivity contribution >= 4 is 188 Å². The van der Waals surface area contributed by atoms with Gasteiger partial charge in [-0.15, -0.1) is 22.7 Å². The number of para-hydroxylation sites is 5. The fourth-order valence-electron chi connectivity index (χ4n) is 17.5. The summed E-state index contributed by atoms with van der Waals surface area (Å²) in [5.41, 5.74) is 30.2. The van der Waals surface area contributed by atoms with Gasteiger partial charge in [0.15, 0.2) is 6.20 Å². The number of H-pyrrole nitrogens is 4. The predicted octanol–water partition coefficient (Wildman–Crippen LogP) is 26.9. The van der Waals surface area contributed by atoms with Gasteiger partial charge in [0.25, 0.3) is 15.0 Å². The number of aryl methyl sites for hydroxylation is 4. The third-order valence-electron chi connectivity index (χ3n) is 24.0. The van der Waals surface area contributed by atoms with E-state index < -0.39 is 0 Å². The van der Waals surface area contributed by atoms with Gasteiger partial charge in [0.1, 0.15) is 29.9 Å². The Bertz CT molecular complexity index is 7580. The molecule has 0 radical (unpaired) electrons. The normalized spacial score (nSPS) is 12.1. The molecule has 0 amide bonds. The largest absolute Gasteiger partial charge is 2.00 e. The summed E-state index contributed by atoms with van der Waals surface area (Å²) in [6.45, 7) is 17.0. The number of rotatable bonds is 7. The monoisotopic (exact) mass is 1900 g/mol. The molecule has 0 unspecified atom stereocenters. The number of aromatic hydroxyl groups is 1. The zero-order valence-corrected chi connectivity index (χ0v) is 83.4. The Morgan fingerprint density at radius 3 is 1.19 bits per heavy atom. The summed E-state index contributed by atoms with van der Waals surface area (Å²) >= 11 is 24.7. The zero-order chi connectivity index (χ0) is 88.9. The van der Waals surface area contributed by atoms with Crippen LogP contribution in [-0.2, 0) is 68.2 Å². The van der Waals surface area contributed by atoms with Gasteiger partial charge in [-0.25, -0.2) is 15.0 Å². The Morgan fingerprint density at radius 2 is 0.697 bits per heavy atom. The van der Waals surface area contributed by atoms with Crippen LogP contribution in [0.15, 0.2) is 355 Å². The molecule has 6 aromatic heterocycles. The first kappa shape index (κ1) is 92.9. The van der Waals surface area contributed by atoms with Crippen molar-refractivity contribution in [2.45, 2.75) is 80.9 Å². The molecule has 0 fully saturated rings. The van der Waals surface area contributed by atoms with Crippen LogP contribution in [0.4, 0.5) is 0 Å². The molecular weight excluding hydrogens is 1820 g/mol. The van der Waals surface area contributed by atoms with Gasteiger partial charge in [0.2, 0.25) is 22.1 Å². The molecule has 5 N–H and O–H groups in total. The molecule has 0 aliphatic heterocycles. The summed E-state index contributed by atoms with van der Waals surface area (Å²) in [4.78, 5) is 25.5. The van der Waals surface area contributed by atoms with Crippen molar-refractivity contribution in [1.82, 2.24) is 9.97 Å². The van der Waals surface area contributed by atoms with Crippen molar-refractivity contribution in [1.29, 1.82) is 0 Å². The van der Waals surface area contributed by atoms with E-state index in [-0.39, 0.29) is 67.8 Å². The maximum Gasteiger partial charge on any atom is 2.00 e. The van der Waals surface area contributed by atoms with Gasteiger partial charge in [-0.05, 0) is 209 Å². The summed E-state index contributed by atoms with van der Waals surface area (Å²) in [6.07, 6.45) is 1.93. The van der Waals surface area contributed by atoms with Gasteiger partial charge in [0.05, 0.1) is 37.1 Å². The molecule has 16 aromatic carbocycles. The van der Waals surface area contributed by atoms with Crippen molar-refractivity contribution in [2.75, 3.05) is 0 Å². The minimum absolute atomic E-state index is 0. The van der Waals surface area contributed by atoms with E-state index in [1.165, 1.54) is 90.7 Å². The first-order chi connectivity index (χ1) is 62.5. The van der Waals surface area contributed by atoms with Crippen molar-refractivity contribution < 1.29 is 54.7 Å². The summed E-state index contributed by atoms with van der Waals surface area (Å²) in [7, 11) is 0. The molecule has 632 valence electrons. The van der Waals surface area contributed by atoms with E-state index in [4.69, 9.17) is 47.9 Å². The average Bonchev–Trinajstić information content (AvgIpc) is 1.58. The molecule has 22 aromatic rings. The van der Waals surface area contributed by atoms with E-state index in [0.29, 0.717) is 0 Å². The molecule has 9 nitrogen and oxygen atoms in total. The van der Waals surface area contributed by atoms with Gasteiger partial charge >= 0.3 is 20.2 Å². The number of fused-ring (bicyclic) bond motifs is 14. The first-order valence-electron chi connectivity index (χ1n) is 42.5. The van der Waals surface area contributed by atoms with Gasteiger partial charge in [-0.3, -0.25) is 0 Å². The molecule has 2 aliphatic rings. The number of phenolic OH excluding ortho intramolecular Hbond substituents is 1. The zero-order valence-electron chi connectivity index (χ0n) is 73.9. The fraction of sp³-hybridized carbons (Fsp3) is 0.0893. The number of hydrogen-bond acceptors (Lipinski definition) is 13. The number of benzene rings is 16. The van der Waals surface area contributed by atoms with Crippen LogP contribution in [0.1, 0.15) is 72.2 Å². The topological polar surface area (TPSA) is 149 Å². The maximum absolute atomic E-state index is 12.2. The van der Waals surface area contributed by atoms with Crippen LogP contribution < -0.4 is 30.1 Å². The molecule has 0 saturated heterocycles. The molecule has 0 spiro atoms. The second-order valence-electron chi connectivity index (χ2n) is 33.4. The molecule has 0 bridgehead atoms. The number of nitrogens with one attached hydrogen (secondary N) is 4. The molecule has 2 aliphatic carbocycles. The van der Waals surface area contributed by atoms with Crippen LogP contribution in [0.2, 0.25) is 0 Å². The number of pyridine rings is 1. The second-order valence-corrected chi connectivity index (χ2v) is 39.9. The van der Waals surface area contributed by atoms with Crippen LogP contribution >= 0.6 is 56.7 Å². The summed E-state index contributed by atoms with van der Waals surface area (Å²) in [6, 6.07) is 114. The number of aromatic amines is 4. The molecule has 24 rings (SSSR count). The Balaban J connectivity index is 0.000000118. The minimum Gasteiger partial charge on any atom is -0.872 e. The van der Waals surface area contributed by atoms with Crippen LogP contribution in [0.5, 0.6) is 17.2 Å². The van der Waals surface area contributed by atoms with Crippen molar-refractivity contribution in [2.24, 2.45) is 0 Å². The Hall–Kier alpha value is -12.3. The quantitative estimate of drug-likeness (QED) is 0.0942. The van der Waals surface area contributed by atoms with E-state index >= 15 is 0 Å². The van der Waals surface area contributed by atoms with Crippen LogP contribution in [0.3, 0.4) is 0 Å². The number of hydrogen-bond donors (Lipinski definition) is 1. The molecule has 20 heteroatoms. The van der Waals surface area contributed by atoms with E-state index in [1.54, 1.807) is 62.8 Å². The van der Waals surface area contributed by atoms with Gasteiger partial charge in [-0.2, -0.15) is 29.6 Å². The average molecular weight is 1900 g/mol. The van der Waals surface area contributed by atoms with Crippen molar-refractivity contribution in [3.05, 3.63) is 384 Å². The molecule has 0 saturated carbocycles. The van der Waals surface area contributed by atoms with Gasteiger partial charge in [-0.1, -0.05) is 302 Å². The third-order valence-corrected chi connectivity index (χ3v) is 30.5. The Labute approximate surface area is 824 Å². The summed E-state index contributed by atoms with van der Waals surface area (Å²) < 4.78 is 5.92. The van der Waals surface area contributed by atoms with E-state index in [0.717, 1.165) is 139 Å². The van der Waals surface area contributed by atoms with Crippen LogP contribution in [0, 0.1) is 27.7 Å². The number of aromatic nitrogens is 6. The standard InChI is InChI=1S/C28H21NOS.C28H21NS2.2C15H13NOS.C13H9NS2.C13H9NS.2Be.Zn/c2*1-28(2)22-8-4-3-7-19(22)20-13-11-18(16-23(20)28)17-12-14-25(30)21(15-17)27-29-24-9-5-6-10-26(24)31-27;2*1-9-7-10(2)14(17)11(8-9)15-16-12-5-3-4-6-13(12)18-15;15-11-7-3-1-5-9(11)13-14-10-6-2-4-8-12(10)16-13;15-11-5-1-3-9-6-7-10-4-2-8-14-13(10)12(9)11;;;/h2*3-16,30H,1-2H3;2*3-8,17H,1-2H3;1-8,15H;1-8,15H;;;/q;;;;;;2*+2;/p-1. The second kappa shape index (κ2) is 39.2. The Kier molecular flexibility index (Phi) is 27.6. The number of nitrogens with zero attached hydrogens (tertiary/aromatic N) is 2. The fourth-order valence-corrected chi connectivity index (χ4v) is 23.4. The van der Waals surface area contributed by atoms with E-state index in [9.17, 15) is 15.3 Å². The first-order valence-corrected chi connectivity index (χ1v) is 47.8. The predicted molar refractivity (Wildman–Crippen MR) is 553 cm³/mol. The molecule has 0 atom stereocenters. The Morgan fingerprint density at radius 1 is 0.318 bits per heavy atom. The van der Waals surface area contributed by atoms with E-state index in [1.807, 2.05) is 173 Å². The van der Waals surface area contributed by atoms with Crippen LogP contribution in [0.25, 0.3) is 170 Å². The minimum atomic E-state index is -0.0330. The number of phenols is 1. The molecule has 6 heterocycles. The smallest absolute Gasteiger partial charge is 0.872 e. The van der Waals surface area contributed by atoms with Crippen LogP contribution in [-0.4, -0.2) is 35.3 Å². The number of thiazole rings is 5. The van der Waals surface area contributed by atoms with Gasteiger partial charge in [0, 0.05) is 70.9 Å². The van der Waals surface area contributed by atoms with Gasteiger partial charge < -0.3 is 53.2 Å². The third kappa shape index (κ3) is 18.6. The van der Waals surface area contributed by atoms with Crippen molar-refractivity contribution in [3.8, 4) is 115 Å². The van der Waals surface area contributed by atoms with E-state index in [2.05, 4.69) is 236 Å². The van der Waals surface area contributed by atoms with Crippen molar-refractivity contribution in [3.63, 3.8) is 0 Å². The summed E-state index contributed by atoms with van der Waals surface area (Å²) in [5, 5.41) is 43.3. The SMILES string of the molecule is CC1(C)c2ccccc2-c2ccc(-c3ccc(O)c(-c4nc5ccccc5s4)c3)cc21.CC1(C)c2ccccc2-c2ccc(-c3ccc([S-])c(-c4nc5ccccc5s4)c3)cc21.Cc1cc(C)c([O-])c(-c2[nH+]c3ccccc3s2)c1.Cc1cc(C)c([O-])c(-c2[nH+]c3ccccc3s2)c1.[Be+2].[Be+2].[S-]c1cccc2ccc3ccc[nH+]c3c12.[S-]c1ccccc1-c1[nH+]c2ccccc2s1.[Zn]. The maximum atomic E-state index is 12.2. The summed E-state index contributed by atoms with van der Waals surface area (Å²) in [5.74, 6) is 0.489. The molecule has 132 heavy (non-hydrogen) atoms. The molecular formula is C112H85Be2N6O3S8Zn+3.